The van der Waals surface area contributed by atoms with E-state index in [0.717, 1.165) is 49.7 Å². The Labute approximate surface area is 169 Å². The first kappa shape index (κ1) is 19.4. The maximum atomic E-state index is 12.8. The first-order valence-corrected chi connectivity index (χ1v) is 11.1. The van der Waals surface area contributed by atoms with E-state index in [2.05, 4.69) is 5.32 Å². The Kier molecular flexibility index (Phi) is 6.26. The normalized spacial score (nSPS) is 24.8. The minimum absolute atomic E-state index is 0.0728. The van der Waals surface area contributed by atoms with Crippen molar-refractivity contribution >= 4 is 23.6 Å². The van der Waals surface area contributed by atoms with Crippen LogP contribution in [-0.4, -0.2) is 84.6 Å². The highest BCUT2D eigenvalue weighted by molar-refractivity contribution is 7.99. The number of rotatable bonds is 5. The maximum absolute atomic E-state index is 12.8. The van der Waals surface area contributed by atoms with Crippen molar-refractivity contribution < 1.29 is 19.1 Å². The highest BCUT2D eigenvalue weighted by atomic mass is 32.2. The summed E-state index contributed by atoms with van der Waals surface area (Å²) in [5, 5.41) is 2.94. The molecule has 0 radical (unpaired) electrons. The number of carbonyl (C=O) groups excluding carboxylic acids is 2. The average Bonchev–Trinajstić information content (AvgIpc) is 3.20. The Morgan fingerprint density at radius 2 is 1.93 bits per heavy atom. The van der Waals surface area contributed by atoms with E-state index in [-0.39, 0.29) is 30.5 Å². The van der Waals surface area contributed by atoms with Crippen LogP contribution in [0.15, 0.2) is 24.3 Å². The van der Waals surface area contributed by atoms with Crippen LogP contribution >= 0.6 is 11.8 Å². The van der Waals surface area contributed by atoms with Gasteiger partial charge in [0.2, 0.25) is 11.8 Å². The third-order valence-electron chi connectivity index (χ3n) is 5.41. The van der Waals surface area contributed by atoms with Crippen molar-refractivity contribution in [3.05, 3.63) is 24.3 Å². The van der Waals surface area contributed by atoms with Crippen molar-refractivity contribution in [2.45, 2.75) is 25.0 Å². The van der Waals surface area contributed by atoms with Crippen LogP contribution in [0.3, 0.4) is 0 Å². The topological polar surface area (TPSA) is 71.1 Å². The summed E-state index contributed by atoms with van der Waals surface area (Å²) in [6, 6.07) is 7.38. The van der Waals surface area contributed by atoms with Gasteiger partial charge in [0, 0.05) is 24.6 Å². The van der Waals surface area contributed by atoms with Crippen molar-refractivity contribution in [2.75, 3.05) is 50.8 Å². The lowest BCUT2D eigenvalue weighted by molar-refractivity contribution is -0.136. The van der Waals surface area contributed by atoms with E-state index in [1.807, 2.05) is 45.8 Å². The summed E-state index contributed by atoms with van der Waals surface area (Å²) >= 11 is 1.89. The number of nitrogens with zero attached hydrogens (tertiary/aromatic N) is 2. The average molecular weight is 406 g/mol. The molecule has 2 unspecified atom stereocenters. The number of amides is 2. The number of hydrogen-bond donors (Lipinski definition) is 1. The number of thioether (sulfide) groups is 1. The molecular weight excluding hydrogens is 378 g/mol. The van der Waals surface area contributed by atoms with Gasteiger partial charge in [-0.2, -0.15) is 11.8 Å². The van der Waals surface area contributed by atoms with Crippen LogP contribution in [-0.2, 0) is 9.59 Å². The minimum atomic E-state index is -0.208. The quantitative estimate of drug-likeness (QED) is 0.788. The lowest BCUT2D eigenvalue weighted by Crippen LogP contribution is -2.51. The lowest BCUT2D eigenvalue weighted by Gasteiger charge is -2.32. The zero-order valence-corrected chi connectivity index (χ0v) is 16.8. The number of ether oxygens (including phenoxy) is 2. The van der Waals surface area contributed by atoms with E-state index in [0.29, 0.717) is 18.9 Å². The van der Waals surface area contributed by atoms with Crippen molar-refractivity contribution in [1.82, 2.24) is 15.1 Å². The summed E-state index contributed by atoms with van der Waals surface area (Å²) in [5.74, 6) is 3.57. The fraction of sp³-hybridized carbons (Fsp3) is 0.600. The molecule has 0 aromatic heterocycles. The van der Waals surface area contributed by atoms with E-state index >= 15 is 0 Å². The molecule has 4 rings (SSSR count). The molecule has 0 spiro atoms. The zero-order chi connectivity index (χ0) is 19.3. The molecule has 3 aliphatic heterocycles. The molecule has 2 atom stereocenters. The van der Waals surface area contributed by atoms with Gasteiger partial charge >= 0.3 is 0 Å². The Balaban J connectivity index is 1.25. The summed E-state index contributed by atoms with van der Waals surface area (Å²) in [5.41, 5.74) is 0. The van der Waals surface area contributed by atoms with Gasteiger partial charge < -0.3 is 19.7 Å². The second-order valence-electron chi connectivity index (χ2n) is 7.37. The van der Waals surface area contributed by atoms with Crippen molar-refractivity contribution in [1.29, 1.82) is 0 Å². The van der Waals surface area contributed by atoms with E-state index in [4.69, 9.17) is 9.47 Å². The summed E-state index contributed by atoms with van der Waals surface area (Å²) in [6.45, 7) is 3.49. The zero-order valence-electron chi connectivity index (χ0n) is 16.0. The fourth-order valence-corrected chi connectivity index (χ4v) is 4.82. The predicted octanol–water partition coefficient (Wildman–Crippen LogP) is 0.982. The molecule has 0 bridgehead atoms. The summed E-state index contributed by atoms with van der Waals surface area (Å²) < 4.78 is 11.6. The van der Waals surface area contributed by atoms with E-state index in [9.17, 15) is 9.59 Å². The van der Waals surface area contributed by atoms with Gasteiger partial charge in [0.15, 0.2) is 11.5 Å². The van der Waals surface area contributed by atoms with E-state index in [1.54, 1.807) is 0 Å². The van der Waals surface area contributed by atoms with Gasteiger partial charge in [0.05, 0.1) is 19.1 Å². The molecule has 3 aliphatic rings. The van der Waals surface area contributed by atoms with Gasteiger partial charge in [-0.25, -0.2) is 0 Å². The minimum Gasteiger partial charge on any atom is -0.486 e. The molecule has 8 heteroatoms. The first-order valence-electron chi connectivity index (χ1n) is 9.96. The molecular formula is C20H27N3O4S. The Hall–Kier alpha value is -1.93. The first-order chi connectivity index (χ1) is 13.7. The van der Waals surface area contributed by atoms with Crippen molar-refractivity contribution in [2.24, 2.45) is 0 Å². The molecule has 1 aromatic carbocycles. The number of benzene rings is 1. The number of likely N-dealkylation sites (tertiary alicyclic amines) is 1. The van der Waals surface area contributed by atoms with Gasteiger partial charge in [-0.3, -0.25) is 14.5 Å². The maximum Gasteiger partial charge on any atom is 0.239 e. The van der Waals surface area contributed by atoms with Crippen LogP contribution in [0.25, 0.3) is 0 Å². The Bertz CT molecular complexity index is 710. The largest absolute Gasteiger partial charge is 0.486 e. The van der Waals surface area contributed by atoms with Crippen LogP contribution in [0.1, 0.15) is 12.8 Å². The van der Waals surface area contributed by atoms with Crippen LogP contribution in [0.5, 0.6) is 11.5 Å². The number of hydrogen-bond acceptors (Lipinski definition) is 6. The van der Waals surface area contributed by atoms with E-state index in [1.165, 1.54) is 0 Å². The van der Waals surface area contributed by atoms with Crippen molar-refractivity contribution in [3.8, 4) is 11.5 Å². The molecule has 28 heavy (non-hydrogen) atoms. The van der Waals surface area contributed by atoms with Gasteiger partial charge in [0.25, 0.3) is 0 Å². The number of para-hydroxylation sites is 2. The number of fused-ring (bicyclic) bond motifs is 1. The summed E-state index contributed by atoms with van der Waals surface area (Å²) in [6.07, 6.45) is 1.59. The third-order valence-corrected chi connectivity index (χ3v) is 6.36. The Morgan fingerprint density at radius 1 is 1.14 bits per heavy atom. The standard InChI is InChI=1S/C20H27N3O4S/c24-19(21-12-15-14-26-17-5-1-2-6-18(17)27-15)13-23-7-3-4-16(23)20(25)22-8-10-28-11-9-22/h1-2,5-6,15-16H,3-4,7-14H2,(H,21,24). The van der Waals surface area contributed by atoms with Crippen LogP contribution in [0, 0.1) is 0 Å². The smallest absolute Gasteiger partial charge is 0.239 e. The molecule has 2 amide bonds. The number of nitrogens with one attached hydrogen (secondary N) is 1. The summed E-state index contributed by atoms with van der Waals surface area (Å²) in [7, 11) is 0. The van der Waals surface area contributed by atoms with Gasteiger partial charge in [-0.1, -0.05) is 12.1 Å². The molecule has 3 heterocycles. The fourth-order valence-electron chi connectivity index (χ4n) is 3.92. The van der Waals surface area contributed by atoms with Gasteiger partial charge in [-0.05, 0) is 31.5 Å². The van der Waals surface area contributed by atoms with Crippen LogP contribution < -0.4 is 14.8 Å². The Morgan fingerprint density at radius 3 is 2.75 bits per heavy atom. The van der Waals surface area contributed by atoms with Crippen LogP contribution in [0.4, 0.5) is 0 Å². The SMILES string of the molecule is O=C(CN1CCCC1C(=O)N1CCSCC1)NCC1COc2ccccc2O1. The molecule has 1 aromatic rings. The second-order valence-corrected chi connectivity index (χ2v) is 8.59. The predicted molar refractivity (Wildman–Crippen MR) is 108 cm³/mol. The molecule has 0 aliphatic carbocycles. The highest BCUT2D eigenvalue weighted by Crippen LogP contribution is 2.30. The third kappa shape index (κ3) is 4.55. The monoisotopic (exact) mass is 405 g/mol. The summed E-state index contributed by atoms with van der Waals surface area (Å²) in [4.78, 5) is 29.3. The molecule has 2 saturated heterocycles. The molecule has 1 N–H and O–H groups in total. The molecule has 7 nitrogen and oxygen atoms in total. The van der Waals surface area contributed by atoms with Crippen LogP contribution in [0.2, 0.25) is 0 Å². The van der Waals surface area contributed by atoms with E-state index < -0.39 is 0 Å². The molecule has 2 fully saturated rings. The molecule has 152 valence electrons. The van der Waals surface area contributed by atoms with Gasteiger partial charge in [-0.15, -0.1) is 0 Å². The number of carbonyl (C=O) groups is 2. The second kappa shape index (κ2) is 9.05. The highest BCUT2D eigenvalue weighted by Gasteiger charge is 2.35. The van der Waals surface area contributed by atoms with Crippen molar-refractivity contribution in [3.63, 3.8) is 0 Å². The lowest BCUT2D eigenvalue weighted by atomic mass is 10.2. The molecule has 0 saturated carbocycles. The van der Waals surface area contributed by atoms with Gasteiger partial charge in [0.1, 0.15) is 12.7 Å².